The van der Waals surface area contributed by atoms with Crippen molar-refractivity contribution in [3.63, 3.8) is 0 Å². The molecule has 2 aromatic rings. The number of ether oxygens (including phenoxy) is 1. The summed E-state index contributed by atoms with van der Waals surface area (Å²) in [4.78, 5) is 14.7. The Balaban J connectivity index is 2.20. The summed E-state index contributed by atoms with van der Waals surface area (Å²) >= 11 is 0. The van der Waals surface area contributed by atoms with Crippen molar-refractivity contribution in [3.05, 3.63) is 47.5 Å². The van der Waals surface area contributed by atoms with Crippen LogP contribution in [-0.2, 0) is 19.8 Å². The van der Waals surface area contributed by atoms with Gasteiger partial charge in [-0.25, -0.2) is 9.78 Å². The molecule has 8 heteroatoms. The molecule has 0 saturated heterocycles. The first kappa shape index (κ1) is 14.9. The first-order valence-electron chi connectivity index (χ1n) is 5.83. The molecule has 0 aliphatic carbocycles. The largest absolute Gasteiger partial charge is 0.485 e. The van der Waals surface area contributed by atoms with Crippen LogP contribution >= 0.6 is 0 Å². The number of carboxylic acid groups (broad SMARTS) is 1. The minimum absolute atomic E-state index is 0.0716. The van der Waals surface area contributed by atoms with Crippen molar-refractivity contribution >= 4 is 5.97 Å². The Morgan fingerprint density at radius 1 is 1.38 bits per heavy atom. The number of benzene rings is 1. The van der Waals surface area contributed by atoms with Crippen LogP contribution in [0.5, 0.6) is 5.75 Å². The van der Waals surface area contributed by atoms with Gasteiger partial charge in [0.25, 0.3) is 0 Å². The van der Waals surface area contributed by atoms with Gasteiger partial charge < -0.3 is 14.4 Å². The van der Waals surface area contributed by atoms with E-state index in [1.807, 2.05) is 0 Å². The molecule has 0 fully saturated rings. The van der Waals surface area contributed by atoms with Crippen molar-refractivity contribution in [2.24, 2.45) is 7.05 Å². The third-order valence-electron chi connectivity index (χ3n) is 2.85. The van der Waals surface area contributed by atoms with Crippen LogP contribution in [-0.4, -0.2) is 20.6 Å². The molecule has 0 aliphatic rings. The van der Waals surface area contributed by atoms with Crippen LogP contribution in [0.2, 0.25) is 0 Å². The number of nitrogens with zero attached hydrogens (tertiary/aromatic N) is 2. The Labute approximate surface area is 117 Å². The maximum atomic E-state index is 12.8. The molecule has 5 nitrogen and oxygen atoms in total. The smallest absolute Gasteiger partial charge is 0.419 e. The van der Waals surface area contributed by atoms with Gasteiger partial charge in [0.1, 0.15) is 23.9 Å². The Kier molecular flexibility index (Phi) is 3.88. The maximum Gasteiger partial charge on any atom is 0.419 e. The van der Waals surface area contributed by atoms with Gasteiger partial charge in [0, 0.05) is 7.05 Å². The molecule has 1 aromatic carbocycles. The standard InChI is InChI=1S/C13H11F3N2O3/c1-18-9(12(19)20)6-17-11(18)7-21-10-5-3-2-4-8(10)13(14,15)16/h2-6H,7H2,1H3,(H,19,20). The van der Waals surface area contributed by atoms with E-state index in [0.29, 0.717) is 0 Å². The average Bonchev–Trinajstić information content (AvgIpc) is 2.77. The second-order valence-corrected chi connectivity index (χ2v) is 4.21. The van der Waals surface area contributed by atoms with Crippen LogP contribution in [0.3, 0.4) is 0 Å². The summed E-state index contributed by atoms with van der Waals surface area (Å²) in [5, 5.41) is 8.86. The van der Waals surface area contributed by atoms with Crippen molar-refractivity contribution in [2.45, 2.75) is 12.8 Å². The summed E-state index contributed by atoms with van der Waals surface area (Å²) in [6.07, 6.45) is -3.40. The van der Waals surface area contributed by atoms with E-state index in [9.17, 15) is 18.0 Å². The molecule has 21 heavy (non-hydrogen) atoms. The van der Waals surface area contributed by atoms with Crippen LogP contribution in [0.15, 0.2) is 30.5 Å². The molecule has 0 saturated carbocycles. The number of halogens is 3. The van der Waals surface area contributed by atoms with Gasteiger partial charge in [-0.3, -0.25) is 0 Å². The van der Waals surface area contributed by atoms with Crippen LogP contribution in [0, 0.1) is 0 Å². The zero-order chi connectivity index (χ0) is 15.6. The second kappa shape index (κ2) is 5.47. The normalized spacial score (nSPS) is 11.4. The number of hydrogen-bond acceptors (Lipinski definition) is 3. The number of hydrogen-bond donors (Lipinski definition) is 1. The zero-order valence-corrected chi connectivity index (χ0v) is 10.9. The van der Waals surface area contributed by atoms with E-state index >= 15 is 0 Å². The monoisotopic (exact) mass is 300 g/mol. The number of para-hydroxylation sites is 1. The number of aromatic nitrogens is 2. The van der Waals surface area contributed by atoms with Crippen molar-refractivity contribution in [1.29, 1.82) is 0 Å². The van der Waals surface area contributed by atoms with Crippen molar-refractivity contribution in [1.82, 2.24) is 9.55 Å². The lowest BCUT2D eigenvalue weighted by atomic mass is 10.2. The molecule has 0 spiro atoms. The lowest BCUT2D eigenvalue weighted by Gasteiger charge is -2.13. The summed E-state index contributed by atoms with van der Waals surface area (Å²) in [6.45, 7) is -0.267. The topological polar surface area (TPSA) is 64.4 Å². The highest BCUT2D eigenvalue weighted by Gasteiger charge is 2.34. The van der Waals surface area contributed by atoms with Crippen molar-refractivity contribution < 1.29 is 27.8 Å². The van der Waals surface area contributed by atoms with E-state index < -0.39 is 17.7 Å². The van der Waals surface area contributed by atoms with Gasteiger partial charge in [-0.1, -0.05) is 12.1 Å². The molecule has 1 N–H and O–H groups in total. The number of carboxylic acids is 1. The molecule has 0 radical (unpaired) electrons. The molecule has 0 unspecified atom stereocenters. The van der Waals surface area contributed by atoms with Gasteiger partial charge in [-0.2, -0.15) is 13.2 Å². The minimum atomic E-state index is -4.52. The molecular weight excluding hydrogens is 289 g/mol. The van der Waals surface area contributed by atoms with E-state index in [1.54, 1.807) is 0 Å². The molecule has 0 aliphatic heterocycles. The zero-order valence-electron chi connectivity index (χ0n) is 10.9. The first-order valence-corrected chi connectivity index (χ1v) is 5.83. The average molecular weight is 300 g/mol. The lowest BCUT2D eigenvalue weighted by molar-refractivity contribution is -0.139. The lowest BCUT2D eigenvalue weighted by Crippen LogP contribution is -2.11. The fourth-order valence-corrected chi connectivity index (χ4v) is 1.75. The fraction of sp³-hybridized carbons (Fsp3) is 0.231. The molecule has 0 amide bonds. The van der Waals surface area contributed by atoms with Crippen molar-refractivity contribution in [3.8, 4) is 5.75 Å². The Bertz CT molecular complexity index is 665. The molecule has 112 valence electrons. The predicted molar refractivity (Wildman–Crippen MR) is 65.9 cm³/mol. The summed E-state index contributed by atoms with van der Waals surface area (Å²) in [5.74, 6) is -1.29. The van der Waals surface area contributed by atoms with Crippen LogP contribution in [0.25, 0.3) is 0 Å². The van der Waals surface area contributed by atoms with Gasteiger partial charge in [0.2, 0.25) is 0 Å². The highest BCUT2D eigenvalue weighted by Crippen LogP contribution is 2.36. The Morgan fingerprint density at radius 2 is 2.05 bits per heavy atom. The molecule has 1 aromatic heterocycles. The van der Waals surface area contributed by atoms with Crippen LogP contribution in [0.1, 0.15) is 21.9 Å². The van der Waals surface area contributed by atoms with Gasteiger partial charge in [-0.05, 0) is 12.1 Å². The minimum Gasteiger partial charge on any atom is -0.485 e. The highest BCUT2D eigenvalue weighted by molar-refractivity contribution is 5.85. The molecule has 2 rings (SSSR count). The second-order valence-electron chi connectivity index (χ2n) is 4.21. The van der Waals surface area contributed by atoms with Crippen LogP contribution < -0.4 is 4.74 Å². The molecule has 1 heterocycles. The number of carbonyl (C=O) groups is 1. The summed E-state index contributed by atoms with van der Waals surface area (Å²) in [6, 6.07) is 4.80. The highest BCUT2D eigenvalue weighted by atomic mass is 19.4. The summed E-state index contributed by atoms with van der Waals surface area (Å²) < 4.78 is 44.7. The summed E-state index contributed by atoms with van der Waals surface area (Å²) in [5.41, 5.74) is -0.963. The van der Waals surface area contributed by atoms with E-state index in [2.05, 4.69) is 4.98 Å². The van der Waals surface area contributed by atoms with E-state index in [1.165, 1.54) is 29.8 Å². The maximum absolute atomic E-state index is 12.8. The number of imidazole rings is 1. The number of alkyl halides is 3. The number of rotatable bonds is 4. The van der Waals surface area contributed by atoms with Gasteiger partial charge in [0.15, 0.2) is 0 Å². The quantitative estimate of drug-likeness (QED) is 0.943. The van der Waals surface area contributed by atoms with Gasteiger partial charge in [0.05, 0.1) is 11.8 Å². The van der Waals surface area contributed by atoms with Gasteiger partial charge >= 0.3 is 12.1 Å². The third-order valence-corrected chi connectivity index (χ3v) is 2.85. The van der Waals surface area contributed by atoms with Crippen LogP contribution in [0.4, 0.5) is 13.2 Å². The van der Waals surface area contributed by atoms with E-state index in [4.69, 9.17) is 9.84 Å². The molecular formula is C13H11F3N2O3. The van der Waals surface area contributed by atoms with E-state index in [-0.39, 0.29) is 23.9 Å². The Hall–Kier alpha value is -2.51. The predicted octanol–water partition coefficient (Wildman–Crippen LogP) is 2.72. The van der Waals surface area contributed by atoms with E-state index in [0.717, 1.165) is 12.3 Å². The third kappa shape index (κ3) is 3.15. The molecule has 0 atom stereocenters. The fourth-order valence-electron chi connectivity index (χ4n) is 1.75. The Morgan fingerprint density at radius 3 is 2.62 bits per heavy atom. The van der Waals surface area contributed by atoms with Gasteiger partial charge in [-0.15, -0.1) is 0 Å². The van der Waals surface area contributed by atoms with Crippen molar-refractivity contribution in [2.75, 3.05) is 0 Å². The first-order chi connectivity index (χ1) is 9.80. The SMILES string of the molecule is Cn1c(C(=O)O)cnc1COc1ccccc1C(F)(F)F. The summed E-state index contributed by atoms with van der Waals surface area (Å²) in [7, 11) is 1.45. The molecule has 0 bridgehead atoms. The number of aromatic carboxylic acids is 1.